The van der Waals surface area contributed by atoms with Crippen molar-refractivity contribution >= 4 is 11.6 Å². The van der Waals surface area contributed by atoms with Gasteiger partial charge in [0.15, 0.2) is 0 Å². The number of hydrogen-bond acceptors (Lipinski definition) is 4. The van der Waals surface area contributed by atoms with Crippen LogP contribution in [0.15, 0.2) is 24.3 Å². The van der Waals surface area contributed by atoms with Gasteiger partial charge in [-0.2, -0.15) is 0 Å². The smallest absolute Gasteiger partial charge is 0.126 e. The molecule has 0 radical (unpaired) electrons. The van der Waals surface area contributed by atoms with Gasteiger partial charge < -0.3 is 14.7 Å². The Morgan fingerprint density at radius 3 is 2.68 bits per heavy atom. The minimum atomic E-state index is -0.434. The SMILES string of the molecule is CN1CCN([C@H]2CCC[C@@H](Oc3cccc(Cl)c3)[C@@H]2O)CC1. The normalized spacial score (nSPS) is 31.1. The monoisotopic (exact) mass is 324 g/mol. The molecule has 1 aliphatic heterocycles. The molecule has 1 saturated heterocycles. The first kappa shape index (κ1) is 16.1. The molecule has 1 aliphatic carbocycles. The van der Waals surface area contributed by atoms with E-state index in [1.165, 1.54) is 0 Å². The third-order valence-corrected chi connectivity index (χ3v) is 5.09. The fourth-order valence-corrected chi connectivity index (χ4v) is 3.69. The predicted molar refractivity (Wildman–Crippen MR) is 88.6 cm³/mol. The number of piperazine rings is 1. The van der Waals surface area contributed by atoms with Gasteiger partial charge in [-0.25, -0.2) is 0 Å². The van der Waals surface area contributed by atoms with Crippen LogP contribution >= 0.6 is 11.6 Å². The average Bonchev–Trinajstić information content (AvgIpc) is 2.51. The lowest BCUT2D eigenvalue weighted by Crippen LogP contribution is -2.57. The molecule has 2 aliphatic rings. The molecule has 5 heteroatoms. The van der Waals surface area contributed by atoms with Crippen LogP contribution in [0.5, 0.6) is 5.75 Å². The molecule has 4 nitrogen and oxygen atoms in total. The molecule has 1 heterocycles. The van der Waals surface area contributed by atoms with Gasteiger partial charge in [-0.15, -0.1) is 0 Å². The van der Waals surface area contributed by atoms with E-state index in [1.807, 2.05) is 24.3 Å². The Labute approximate surface area is 137 Å². The summed E-state index contributed by atoms with van der Waals surface area (Å²) in [6.07, 6.45) is 2.48. The van der Waals surface area contributed by atoms with Crippen LogP contribution in [-0.2, 0) is 0 Å². The van der Waals surface area contributed by atoms with Crippen molar-refractivity contribution in [3.8, 4) is 5.75 Å². The summed E-state index contributed by atoms with van der Waals surface area (Å²) in [6, 6.07) is 7.64. The van der Waals surface area contributed by atoms with Crippen molar-refractivity contribution in [3.05, 3.63) is 29.3 Å². The van der Waals surface area contributed by atoms with Crippen LogP contribution in [0.25, 0.3) is 0 Å². The first-order valence-corrected chi connectivity index (χ1v) is 8.54. The van der Waals surface area contributed by atoms with E-state index < -0.39 is 6.10 Å². The zero-order valence-corrected chi connectivity index (χ0v) is 13.9. The van der Waals surface area contributed by atoms with Crippen molar-refractivity contribution in [1.82, 2.24) is 9.80 Å². The van der Waals surface area contributed by atoms with E-state index in [9.17, 15) is 5.11 Å². The topological polar surface area (TPSA) is 35.9 Å². The number of aliphatic hydroxyl groups excluding tert-OH is 1. The molecule has 1 N–H and O–H groups in total. The Bertz CT molecular complexity index is 491. The van der Waals surface area contributed by atoms with Gasteiger partial charge in [0.1, 0.15) is 18.0 Å². The van der Waals surface area contributed by atoms with Gasteiger partial charge in [0.05, 0.1) is 0 Å². The Morgan fingerprint density at radius 2 is 1.95 bits per heavy atom. The zero-order chi connectivity index (χ0) is 15.5. The molecular formula is C17H25ClN2O2. The van der Waals surface area contributed by atoms with Gasteiger partial charge in [-0.3, -0.25) is 4.90 Å². The molecule has 0 amide bonds. The van der Waals surface area contributed by atoms with E-state index in [1.54, 1.807) is 0 Å². The second kappa shape index (κ2) is 7.18. The molecule has 122 valence electrons. The van der Waals surface area contributed by atoms with Crippen LogP contribution in [0.2, 0.25) is 5.02 Å². The molecule has 0 bridgehead atoms. The molecule has 0 aromatic heterocycles. The van der Waals surface area contributed by atoms with E-state index in [-0.39, 0.29) is 12.1 Å². The van der Waals surface area contributed by atoms with Crippen LogP contribution in [0, 0.1) is 0 Å². The Balaban J connectivity index is 1.63. The van der Waals surface area contributed by atoms with E-state index >= 15 is 0 Å². The zero-order valence-electron chi connectivity index (χ0n) is 13.1. The summed E-state index contributed by atoms with van der Waals surface area (Å²) in [7, 11) is 2.15. The largest absolute Gasteiger partial charge is 0.488 e. The second-order valence-electron chi connectivity index (χ2n) is 6.44. The van der Waals surface area contributed by atoms with Crippen LogP contribution in [0.3, 0.4) is 0 Å². The number of ether oxygens (including phenoxy) is 1. The molecule has 3 atom stereocenters. The van der Waals surface area contributed by atoms with Crippen LogP contribution in [0.1, 0.15) is 19.3 Å². The van der Waals surface area contributed by atoms with Crippen LogP contribution < -0.4 is 4.74 Å². The number of nitrogens with zero attached hydrogens (tertiary/aromatic N) is 2. The number of halogens is 1. The maximum atomic E-state index is 10.8. The fraction of sp³-hybridized carbons (Fsp3) is 0.647. The molecule has 0 spiro atoms. The maximum Gasteiger partial charge on any atom is 0.126 e. The molecule has 1 aromatic carbocycles. The standard InChI is InChI=1S/C17H25ClN2O2/c1-19-8-10-20(11-9-19)15-6-3-7-16(17(15)21)22-14-5-2-4-13(18)12-14/h2,4-5,12,15-17,21H,3,6-11H2,1H3/t15-,16+,17+/m0/s1. The summed E-state index contributed by atoms with van der Waals surface area (Å²) in [6.45, 7) is 4.20. The van der Waals surface area contributed by atoms with Crippen LogP contribution in [0.4, 0.5) is 0 Å². The van der Waals surface area contributed by atoms with Crippen molar-refractivity contribution in [2.45, 2.75) is 37.5 Å². The quantitative estimate of drug-likeness (QED) is 0.925. The molecule has 1 aromatic rings. The van der Waals surface area contributed by atoms with Crippen LogP contribution in [-0.4, -0.2) is 66.4 Å². The minimum absolute atomic E-state index is 0.142. The predicted octanol–water partition coefficient (Wildman–Crippen LogP) is 2.25. The fourth-order valence-electron chi connectivity index (χ4n) is 3.51. The third kappa shape index (κ3) is 3.74. The summed E-state index contributed by atoms with van der Waals surface area (Å²) >= 11 is 6.01. The second-order valence-corrected chi connectivity index (χ2v) is 6.88. The Morgan fingerprint density at radius 1 is 1.18 bits per heavy atom. The molecule has 0 unspecified atom stereocenters. The van der Waals surface area contributed by atoms with Gasteiger partial charge in [0, 0.05) is 37.2 Å². The van der Waals surface area contributed by atoms with Gasteiger partial charge in [-0.05, 0) is 44.5 Å². The molecule has 3 rings (SSSR count). The summed E-state index contributed by atoms with van der Waals surface area (Å²) in [5.41, 5.74) is 0. The maximum absolute atomic E-state index is 10.8. The van der Waals surface area contributed by atoms with Gasteiger partial charge in [0.25, 0.3) is 0 Å². The van der Waals surface area contributed by atoms with Gasteiger partial charge in [0.2, 0.25) is 0 Å². The Kier molecular flexibility index (Phi) is 5.24. The van der Waals surface area contributed by atoms with Crippen molar-refractivity contribution in [3.63, 3.8) is 0 Å². The van der Waals surface area contributed by atoms with Crippen molar-refractivity contribution < 1.29 is 9.84 Å². The average molecular weight is 325 g/mol. The molecule has 22 heavy (non-hydrogen) atoms. The van der Waals surface area contributed by atoms with E-state index in [0.29, 0.717) is 5.02 Å². The first-order valence-electron chi connectivity index (χ1n) is 8.16. The lowest BCUT2D eigenvalue weighted by molar-refractivity contribution is -0.0618. The molecule has 2 fully saturated rings. The number of aliphatic hydroxyl groups is 1. The minimum Gasteiger partial charge on any atom is -0.488 e. The molecular weight excluding hydrogens is 300 g/mol. The molecule has 1 saturated carbocycles. The first-order chi connectivity index (χ1) is 10.6. The lowest BCUT2D eigenvalue weighted by Gasteiger charge is -2.44. The highest BCUT2D eigenvalue weighted by molar-refractivity contribution is 6.30. The lowest BCUT2D eigenvalue weighted by atomic mass is 9.88. The van der Waals surface area contributed by atoms with Crippen molar-refractivity contribution in [2.75, 3.05) is 33.2 Å². The van der Waals surface area contributed by atoms with E-state index in [2.05, 4.69) is 16.8 Å². The third-order valence-electron chi connectivity index (χ3n) is 4.85. The van der Waals surface area contributed by atoms with Crippen molar-refractivity contribution in [2.24, 2.45) is 0 Å². The highest BCUT2D eigenvalue weighted by Gasteiger charge is 2.37. The summed E-state index contributed by atoms with van der Waals surface area (Å²) in [5.74, 6) is 0.746. The summed E-state index contributed by atoms with van der Waals surface area (Å²) < 4.78 is 6.02. The van der Waals surface area contributed by atoms with Crippen molar-refractivity contribution in [1.29, 1.82) is 0 Å². The highest BCUT2D eigenvalue weighted by Crippen LogP contribution is 2.28. The highest BCUT2D eigenvalue weighted by atomic mass is 35.5. The number of benzene rings is 1. The van der Waals surface area contributed by atoms with E-state index in [4.69, 9.17) is 16.3 Å². The van der Waals surface area contributed by atoms with Gasteiger partial charge >= 0.3 is 0 Å². The number of hydrogen-bond donors (Lipinski definition) is 1. The van der Waals surface area contributed by atoms with E-state index in [0.717, 1.165) is 51.2 Å². The summed E-state index contributed by atoms with van der Waals surface area (Å²) in [4.78, 5) is 4.77. The Hall–Kier alpha value is -0.810. The number of rotatable bonds is 3. The summed E-state index contributed by atoms with van der Waals surface area (Å²) in [5, 5.41) is 11.4. The number of likely N-dealkylation sites (N-methyl/N-ethyl adjacent to an activating group) is 1. The van der Waals surface area contributed by atoms with Gasteiger partial charge in [-0.1, -0.05) is 17.7 Å².